The van der Waals surface area contributed by atoms with Crippen molar-refractivity contribution in [3.05, 3.63) is 24.3 Å². The second kappa shape index (κ2) is 7.55. The highest BCUT2D eigenvalue weighted by Gasteiger charge is 2.02. The predicted molar refractivity (Wildman–Crippen MR) is 73.1 cm³/mol. The van der Waals surface area contributed by atoms with Crippen LogP contribution in [0.25, 0.3) is 0 Å². The molecule has 0 saturated carbocycles. The van der Waals surface area contributed by atoms with Crippen LogP contribution < -0.4 is 16.0 Å². The molecule has 0 aliphatic rings. The van der Waals surface area contributed by atoms with Crippen LogP contribution >= 0.6 is 11.6 Å². The summed E-state index contributed by atoms with van der Waals surface area (Å²) in [6.45, 7) is 1.96. The third-order valence-electron chi connectivity index (χ3n) is 2.04. The van der Waals surface area contributed by atoms with Crippen molar-refractivity contribution in [2.75, 3.05) is 23.1 Å². The number of alkyl halides is 1. The van der Waals surface area contributed by atoms with Gasteiger partial charge in [0.25, 0.3) is 0 Å². The van der Waals surface area contributed by atoms with Gasteiger partial charge in [-0.1, -0.05) is 6.07 Å². The first-order chi connectivity index (χ1) is 8.61. The average molecular weight is 270 g/mol. The molecule has 3 N–H and O–H groups in total. The number of benzene rings is 1. The first-order valence-electron chi connectivity index (χ1n) is 5.60. The van der Waals surface area contributed by atoms with Gasteiger partial charge >= 0.3 is 6.03 Å². The van der Waals surface area contributed by atoms with E-state index in [2.05, 4.69) is 16.0 Å². The van der Waals surface area contributed by atoms with Crippen molar-refractivity contribution in [3.63, 3.8) is 0 Å². The Morgan fingerprint density at radius 3 is 2.50 bits per heavy atom. The van der Waals surface area contributed by atoms with Gasteiger partial charge in [-0.05, 0) is 24.6 Å². The Labute approximate surface area is 111 Å². The van der Waals surface area contributed by atoms with Gasteiger partial charge in [0.2, 0.25) is 5.91 Å². The first kappa shape index (κ1) is 14.3. The van der Waals surface area contributed by atoms with Crippen LogP contribution in [-0.2, 0) is 4.79 Å². The Bertz CT molecular complexity index is 424. The van der Waals surface area contributed by atoms with Crippen molar-refractivity contribution >= 4 is 34.9 Å². The van der Waals surface area contributed by atoms with Gasteiger partial charge in [-0.3, -0.25) is 4.79 Å². The summed E-state index contributed by atoms with van der Waals surface area (Å²) in [5.41, 5.74) is 1.26. The van der Waals surface area contributed by atoms with E-state index in [0.29, 0.717) is 23.8 Å². The minimum absolute atomic E-state index is 0.154. The molecule has 6 heteroatoms. The van der Waals surface area contributed by atoms with Gasteiger partial charge in [0, 0.05) is 30.7 Å². The number of anilines is 2. The number of hydrogen-bond acceptors (Lipinski definition) is 2. The lowest BCUT2D eigenvalue weighted by molar-refractivity contribution is -0.114. The van der Waals surface area contributed by atoms with Gasteiger partial charge in [-0.2, -0.15) is 0 Å². The minimum atomic E-state index is -0.292. The molecule has 1 aromatic rings. The van der Waals surface area contributed by atoms with Gasteiger partial charge in [0.15, 0.2) is 0 Å². The molecular weight excluding hydrogens is 254 g/mol. The highest BCUT2D eigenvalue weighted by atomic mass is 35.5. The van der Waals surface area contributed by atoms with Crippen LogP contribution in [0.4, 0.5) is 16.2 Å². The largest absolute Gasteiger partial charge is 0.338 e. The third-order valence-corrected chi connectivity index (χ3v) is 2.30. The number of urea groups is 1. The number of carbonyl (C=O) groups is 2. The van der Waals surface area contributed by atoms with Gasteiger partial charge in [0.1, 0.15) is 0 Å². The van der Waals surface area contributed by atoms with E-state index in [9.17, 15) is 9.59 Å². The Balaban J connectivity index is 2.51. The van der Waals surface area contributed by atoms with Crippen molar-refractivity contribution < 1.29 is 9.59 Å². The molecule has 0 aliphatic heterocycles. The molecule has 0 bridgehead atoms. The van der Waals surface area contributed by atoms with E-state index in [4.69, 9.17) is 11.6 Å². The second-order valence-electron chi connectivity index (χ2n) is 3.69. The number of nitrogens with one attached hydrogen (secondary N) is 3. The molecule has 0 aliphatic carbocycles. The summed E-state index contributed by atoms with van der Waals surface area (Å²) in [5.74, 6) is 0.358. The molecule has 98 valence electrons. The maximum Gasteiger partial charge on any atom is 0.319 e. The molecule has 0 fully saturated rings. The van der Waals surface area contributed by atoms with Crippen molar-refractivity contribution in [1.29, 1.82) is 0 Å². The zero-order valence-electron chi connectivity index (χ0n) is 10.1. The highest BCUT2D eigenvalue weighted by Crippen LogP contribution is 2.14. The topological polar surface area (TPSA) is 70.2 Å². The third kappa shape index (κ3) is 5.54. The number of halogens is 1. The summed E-state index contributed by atoms with van der Waals surface area (Å²) in [6, 6.07) is 6.63. The normalized spacial score (nSPS) is 9.67. The zero-order chi connectivity index (χ0) is 13.4. The molecule has 0 atom stereocenters. The van der Waals surface area contributed by atoms with Crippen LogP contribution in [0.5, 0.6) is 0 Å². The molecule has 0 heterocycles. The summed E-state index contributed by atoms with van der Waals surface area (Å²) in [5, 5.41) is 7.98. The van der Waals surface area contributed by atoms with Gasteiger partial charge in [0.05, 0.1) is 0 Å². The Morgan fingerprint density at radius 1 is 1.22 bits per heavy atom. The highest BCUT2D eigenvalue weighted by molar-refractivity contribution is 6.17. The van der Waals surface area contributed by atoms with Crippen LogP contribution in [0.2, 0.25) is 0 Å². The Hall–Kier alpha value is -1.75. The van der Waals surface area contributed by atoms with Crippen LogP contribution in [-0.4, -0.2) is 24.4 Å². The summed E-state index contributed by atoms with van der Waals surface area (Å²) >= 11 is 5.50. The molecule has 0 unspecified atom stereocenters. The molecule has 0 spiro atoms. The van der Waals surface area contributed by atoms with E-state index in [1.807, 2.05) is 0 Å². The molecule has 3 amide bonds. The molecule has 18 heavy (non-hydrogen) atoms. The molecular formula is C12H16ClN3O2. The minimum Gasteiger partial charge on any atom is -0.338 e. The van der Waals surface area contributed by atoms with E-state index in [-0.39, 0.29) is 11.9 Å². The Kier molecular flexibility index (Phi) is 6.00. The van der Waals surface area contributed by atoms with Crippen LogP contribution in [0.1, 0.15) is 13.3 Å². The number of amides is 3. The molecule has 5 nitrogen and oxygen atoms in total. The van der Waals surface area contributed by atoms with E-state index in [1.54, 1.807) is 24.3 Å². The Morgan fingerprint density at radius 2 is 1.89 bits per heavy atom. The van der Waals surface area contributed by atoms with Gasteiger partial charge < -0.3 is 16.0 Å². The molecule has 0 saturated heterocycles. The van der Waals surface area contributed by atoms with E-state index in [1.165, 1.54) is 6.92 Å². The van der Waals surface area contributed by atoms with Crippen LogP contribution in [0.15, 0.2) is 24.3 Å². The van der Waals surface area contributed by atoms with E-state index in [0.717, 1.165) is 6.42 Å². The first-order valence-corrected chi connectivity index (χ1v) is 6.13. The fourth-order valence-electron chi connectivity index (χ4n) is 1.32. The quantitative estimate of drug-likeness (QED) is 0.567. The summed E-state index contributed by atoms with van der Waals surface area (Å²) in [6.07, 6.45) is 0.723. The molecule has 0 aromatic heterocycles. The summed E-state index contributed by atoms with van der Waals surface area (Å²) < 4.78 is 0. The van der Waals surface area contributed by atoms with Crippen LogP contribution in [0, 0.1) is 0 Å². The lowest BCUT2D eigenvalue weighted by Crippen LogP contribution is -2.29. The molecule has 0 radical (unpaired) electrons. The van der Waals surface area contributed by atoms with Crippen LogP contribution in [0.3, 0.4) is 0 Å². The fraction of sp³-hybridized carbons (Fsp3) is 0.333. The lowest BCUT2D eigenvalue weighted by atomic mass is 10.3. The number of rotatable bonds is 5. The number of carbonyl (C=O) groups excluding carboxylic acids is 2. The van der Waals surface area contributed by atoms with Crippen molar-refractivity contribution in [2.45, 2.75) is 13.3 Å². The van der Waals surface area contributed by atoms with E-state index >= 15 is 0 Å². The lowest BCUT2D eigenvalue weighted by Gasteiger charge is -2.08. The fourth-order valence-corrected chi connectivity index (χ4v) is 1.46. The summed E-state index contributed by atoms with van der Waals surface area (Å²) in [4.78, 5) is 22.4. The van der Waals surface area contributed by atoms with Crippen molar-refractivity contribution in [1.82, 2.24) is 5.32 Å². The standard InChI is InChI=1S/C12H16ClN3O2/c1-9(17)15-10-4-2-5-11(8-10)16-12(18)14-7-3-6-13/h2,4-5,8H,3,6-7H2,1H3,(H,15,17)(H2,14,16,18). The number of hydrogen-bond donors (Lipinski definition) is 3. The SMILES string of the molecule is CC(=O)Nc1cccc(NC(=O)NCCCCl)c1. The molecule has 1 aromatic carbocycles. The predicted octanol–water partition coefficient (Wildman–Crippen LogP) is 2.40. The smallest absolute Gasteiger partial charge is 0.319 e. The van der Waals surface area contributed by atoms with Crippen molar-refractivity contribution in [2.24, 2.45) is 0 Å². The average Bonchev–Trinajstić information content (AvgIpc) is 2.28. The zero-order valence-corrected chi connectivity index (χ0v) is 10.9. The van der Waals surface area contributed by atoms with E-state index < -0.39 is 0 Å². The maximum atomic E-state index is 11.5. The monoisotopic (exact) mass is 269 g/mol. The molecule has 1 rings (SSSR count). The van der Waals surface area contributed by atoms with Crippen molar-refractivity contribution in [3.8, 4) is 0 Å². The van der Waals surface area contributed by atoms with Gasteiger partial charge in [-0.25, -0.2) is 4.79 Å². The van der Waals surface area contributed by atoms with Gasteiger partial charge in [-0.15, -0.1) is 11.6 Å². The second-order valence-corrected chi connectivity index (χ2v) is 4.06. The maximum absolute atomic E-state index is 11.5. The summed E-state index contributed by atoms with van der Waals surface area (Å²) in [7, 11) is 0.